The van der Waals surface area contributed by atoms with Crippen molar-refractivity contribution in [1.29, 1.82) is 0 Å². The zero-order valence-corrected chi connectivity index (χ0v) is 12.7. The van der Waals surface area contributed by atoms with Gasteiger partial charge in [-0.25, -0.2) is 4.79 Å². The molecule has 0 bridgehead atoms. The fourth-order valence-corrected chi connectivity index (χ4v) is 2.54. The Hall–Kier alpha value is -2.62. The Labute approximate surface area is 129 Å². The average Bonchev–Trinajstić information content (AvgIpc) is 2.89. The number of nitrogens with one attached hydrogen (secondary N) is 1. The van der Waals surface area contributed by atoms with Crippen molar-refractivity contribution in [3.63, 3.8) is 0 Å². The third-order valence-corrected chi connectivity index (χ3v) is 3.67. The quantitative estimate of drug-likeness (QED) is 0.747. The van der Waals surface area contributed by atoms with E-state index >= 15 is 0 Å². The summed E-state index contributed by atoms with van der Waals surface area (Å²) >= 11 is 0. The van der Waals surface area contributed by atoms with Gasteiger partial charge in [0.15, 0.2) is 0 Å². The molecule has 2 heterocycles. The molecule has 0 spiro atoms. The molecular formula is C18H18N2O2. The highest BCUT2D eigenvalue weighted by molar-refractivity contribution is 5.89. The minimum absolute atomic E-state index is 0.303. The molecule has 0 atom stereocenters. The van der Waals surface area contributed by atoms with E-state index in [1.54, 1.807) is 25.3 Å². The highest BCUT2D eigenvalue weighted by Crippen LogP contribution is 2.20. The summed E-state index contributed by atoms with van der Waals surface area (Å²) in [6.45, 7) is 4.26. The second-order valence-corrected chi connectivity index (χ2v) is 5.28. The van der Waals surface area contributed by atoms with E-state index in [0.717, 1.165) is 11.2 Å². The standard InChI is InChI=1S/C18H18N2O2/c1-3-22-18(21)14-6-7-19-15(10-14)8-13-4-5-17-16(9-13)12(2)11-20-17/h4-7,9-11,20H,3,8H2,1-2H3. The number of aryl methyl sites for hydroxylation is 1. The molecule has 1 N–H and O–H groups in total. The van der Waals surface area contributed by atoms with Gasteiger partial charge in [-0.3, -0.25) is 4.98 Å². The lowest BCUT2D eigenvalue weighted by Crippen LogP contribution is -2.06. The summed E-state index contributed by atoms with van der Waals surface area (Å²) in [5.74, 6) is -0.303. The number of esters is 1. The summed E-state index contributed by atoms with van der Waals surface area (Å²) in [7, 11) is 0. The Morgan fingerprint density at radius 2 is 2.14 bits per heavy atom. The average molecular weight is 294 g/mol. The number of rotatable bonds is 4. The van der Waals surface area contributed by atoms with Crippen molar-refractivity contribution in [3.8, 4) is 0 Å². The van der Waals surface area contributed by atoms with E-state index in [1.165, 1.54) is 16.5 Å². The first kappa shape index (κ1) is 14.3. The normalized spacial score (nSPS) is 10.8. The largest absolute Gasteiger partial charge is 0.462 e. The van der Waals surface area contributed by atoms with E-state index in [0.29, 0.717) is 18.6 Å². The molecule has 0 radical (unpaired) electrons. The van der Waals surface area contributed by atoms with Crippen molar-refractivity contribution in [2.24, 2.45) is 0 Å². The van der Waals surface area contributed by atoms with Crippen LogP contribution in [0.5, 0.6) is 0 Å². The van der Waals surface area contributed by atoms with Crippen molar-refractivity contribution in [2.75, 3.05) is 6.61 Å². The molecular weight excluding hydrogens is 276 g/mol. The molecule has 3 aromatic rings. The van der Waals surface area contributed by atoms with Gasteiger partial charge in [0.25, 0.3) is 0 Å². The second kappa shape index (κ2) is 6.02. The summed E-state index contributed by atoms with van der Waals surface area (Å²) in [6.07, 6.45) is 4.35. The van der Waals surface area contributed by atoms with E-state index in [-0.39, 0.29) is 5.97 Å². The maximum absolute atomic E-state index is 11.8. The van der Waals surface area contributed by atoms with Crippen LogP contribution in [0.4, 0.5) is 0 Å². The molecule has 1 aromatic carbocycles. The van der Waals surface area contributed by atoms with Gasteiger partial charge in [0.2, 0.25) is 0 Å². The van der Waals surface area contributed by atoms with Gasteiger partial charge in [-0.2, -0.15) is 0 Å². The van der Waals surface area contributed by atoms with Crippen LogP contribution in [0.15, 0.2) is 42.7 Å². The maximum atomic E-state index is 11.8. The monoisotopic (exact) mass is 294 g/mol. The lowest BCUT2D eigenvalue weighted by atomic mass is 10.0. The van der Waals surface area contributed by atoms with Crippen molar-refractivity contribution in [1.82, 2.24) is 9.97 Å². The number of ether oxygens (including phenoxy) is 1. The highest BCUT2D eigenvalue weighted by Gasteiger charge is 2.08. The summed E-state index contributed by atoms with van der Waals surface area (Å²) in [4.78, 5) is 19.4. The number of H-pyrrole nitrogens is 1. The summed E-state index contributed by atoms with van der Waals surface area (Å²) in [5.41, 5.74) is 4.94. The van der Waals surface area contributed by atoms with Crippen LogP contribution in [0, 0.1) is 6.92 Å². The molecule has 22 heavy (non-hydrogen) atoms. The van der Waals surface area contributed by atoms with Crippen LogP contribution in [0.25, 0.3) is 10.9 Å². The number of hydrogen-bond donors (Lipinski definition) is 1. The van der Waals surface area contributed by atoms with E-state index < -0.39 is 0 Å². The number of aromatic nitrogens is 2. The van der Waals surface area contributed by atoms with Gasteiger partial charge in [-0.15, -0.1) is 0 Å². The first-order chi connectivity index (χ1) is 10.7. The van der Waals surface area contributed by atoms with E-state index in [4.69, 9.17) is 4.74 Å². The smallest absolute Gasteiger partial charge is 0.338 e. The number of nitrogens with zero attached hydrogens (tertiary/aromatic N) is 1. The Morgan fingerprint density at radius 1 is 1.27 bits per heavy atom. The van der Waals surface area contributed by atoms with Crippen LogP contribution >= 0.6 is 0 Å². The predicted molar refractivity (Wildman–Crippen MR) is 86.0 cm³/mol. The molecule has 4 nitrogen and oxygen atoms in total. The number of carbonyl (C=O) groups excluding carboxylic acids is 1. The Balaban J connectivity index is 1.86. The van der Waals surface area contributed by atoms with Crippen molar-refractivity contribution in [2.45, 2.75) is 20.3 Å². The first-order valence-electron chi connectivity index (χ1n) is 7.36. The van der Waals surface area contributed by atoms with E-state index in [2.05, 4.69) is 35.1 Å². The molecule has 4 heteroatoms. The van der Waals surface area contributed by atoms with Crippen LogP contribution in [-0.4, -0.2) is 22.5 Å². The highest BCUT2D eigenvalue weighted by atomic mass is 16.5. The summed E-state index contributed by atoms with van der Waals surface area (Å²) in [5, 5.41) is 1.22. The zero-order valence-electron chi connectivity index (χ0n) is 12.7. The number of fused-ring (bicyclic) bond motifs is 1. The minimum atomic E-state index is -0.303. The predicted octanol–water partition coefficient (Wildman–Crippen LogP) is 3.64. The Bertz CT molecular complexity index is 821. The third kappa shape index (κ3) is 2.86. The SMILES string of the molecule is CCOC(=O)c1ccnc(Cc2ccc3[nH]cc(C)c3c2)c1. The lowest BCUT2D eigenvalue weighted by Gasteiger charge is -2.05. The molecule has 0 aliphatic heterocycles. The van der Waals surface area contributed by atoms with Crippen molar-refractivity contribution in [3.05, 3.63) is 65.1 Å². The van der Waals surface area contributed by atoms with Crippen LogP contribution in [0.2, 0.25) is 0 Å². The van der Waals surface area contributed by atoms with E-state index in [9.17, 15) is 4.79 Å². The lowest BCUT2D eigenvalue weighted by molar-refractivity contribution is 0.0526. The van der Waals surface area contributed by atoms with Gasteiger partial charge >= 0.3 is 5.97 Å². The van der Waals surface area contributed by atoms with Crippen molar-refractivity contribution >= 4 is 16.9 Å². The molecule has 112 valence electrons. The van der Waals surface area contributed by atoms with Gasteiger partial charge in [0.1, 0.15) is 0 Å². The van der Waals surface area contributed by atoms with Crippen LogP contribution < -0.4 is 0 Å². The molecule has 0 aliphatic rings. The van der Waals surface area contributed by atoms with Crippen molar-refractivity contribution < 1.29 is 9.53 Å². The van der Waals surface area contributed by atoms with E-state index in [1.807, 2.05) is 6.20 Å². The van der Waals surface area contributed by atoms with Gasteiger partial charge in [0, 0.05) is 35.4 Å². The molecule has 3 rings (SSSR count). The van der Waals surface area contributed by atoms with Gasteiger partial charge < -0.3 is 9.72 Å². The van der Waals surface area contributed by atoms with Crippen LogP contribution in [-0.2, 0) is 11.2 Å². The molecule has 0 aliphatic carbocycles. The molecule has 0 amide bonds. The number of hydrogen-bond acceptors (Lipinski definition) is 3. The summed E-state index contributed by atoms with van der Waals surface area (Å²) < 4.78 is 5.03. The van der Waals surface area contributed by atoms with Crippen LogP contribution in [0.3, 0.4) is 0 Å². The Kier molecular flexibility index (Phi) is 3.92. The van der Waals surface area contributed by atoms with Gasteiger partial charge in [-0.1, -0.05) is 6.07 Å². The Morgan fingerprint density at radius 3 is 2.95 bits per heavy atom. The number of aromatic amines is 1. The van der Waals surface area contributed by atoms with Gasteiger partial charge in [-0.05, 0) is 49.2 Å². The van der Waals surface area contributed by atoms with Gasteiger partial charge in [0.05, 0.1) is 12.2 Å². The second-order valence-electron chi connectivity index (χ2n) is 5.28. The topological polar surface area (TPSA) is 55.0 Å². The fourth-order valence-electron chi connectivity index (χ4n) is 2.54. The minimum Gasteiger partial charge on any atom is -0.462 e. The molecule has 0 saturated heterocycles. The fraction of sp³-hybridized carbons (Fsp3) is 0.222. The molecule has 0 unspecified atom stereocenters. The maximum Gasteiger partial charge on any atom is 0.338 e. The molecule has 0 fully saturated rings. The number of carbonyl (C=O) groups is 1. The molecule has 0 saturated carbocycles. The molecule has 2 aromatic heterocycles. The third-order valence-electron chi connectivity index (χ3n) is 3.67. The summed E-state index contributed by atoms with van der Waals surface area (Å²) in [6, 6.07) is 9.80. The zero-order chi connectivity index (χ0) is 15.5. The first-order valence-corrected chi connectivity index (χ1v) is 7.36. The number of pyridine rings is 1. The number of benzene rings is 1. The van der Waals surface area contributed by atoms with Crippen LogP contribution in [0.1, 0.15) is 34.1 Å².